The van der Waals surface area contributed by atoms with E-state index in [2.05, 4.69) is 115 Å². The molecule has 1 atom stereocenters. The van der Waals surface area contributed by atoms with Gasteiger partial charge >= 0.3 is 0 Å². The van der Waals surface area contributed by atoms with Crippen LogP contribution in [-0.2, 0) is 0 Å². The van der Waals surface area contributed by atoms with Crippen LogP contribution in [-0.4, -0.2) is 15.0 Å². The molecule has 0 aliphatic heterocycles. The topological polar surface area (TPSA) is 51.8 Å². The molecule has 0 saturated carbocycles. The van der Waals surface area contributed by atoms with Crippen molar-refractivity contribution >= 4 is 64.2 Å². The summed E-state index contributed by atoms with van der Waals surface area (Å²) >= 11 is 1.83. The largest absolute Gasteiger partial charge is 0.455 e. The van der Waals surface area contributed by atoms with E-state index in [1.54, 1.807) is 0 Å². The molecule has 0 amide bonds. The highest BCUT2D eigenvalue weighted by Crippen LogP contribution is 2.44. The zero-order valence-corrected chi connectivity index (χ0v) is 26.6. The van der Waals surface area contributed by atoms with E-state index in [0.29, 0.717) is 17.5 Å². The molecule has 0 spiro atoms. The molecule has 1 unspecified atom stereocenters. The Morgan fingerprint density at radius 2 is 1.27 bits per heavy atom. The lowest BCUT2D eigenvalue weighted by molar-refractivity contribution is 0.672. The van der Waals surface area contributed by atoms with Gasteiger partial charge < -0.3 is 4.42 Å². The van der Waals surface area contributed by atoms with Crippen LogP contribution in [0.15, 0.2) is 150 Å². The molecule has 3 heterocycles. The van der Waals surface area contributed by atoms with Crippen LogP contribution < -0.4 is 0 Å². The van der Waals surface area contributed by atoms with Crippen LogP contribution in [0.4, 0.5) is 0 Å². The monoisotopic (exact) mass is 633 g/mol. The van der Waals surface area contributed by atoms with E-state index in [-0.39, 0.29) is 5.92 Å². The number of hydrogen-bond donors (Lipinski definition) is 0. The maximum absolute atomic E-state index is 6.42. The Balaban J connectivity index is 1.27. The van der Waals surface area contributed by atoms with E-state index in [1.807, 2.05) is 41.7 Å². The van der Waals surface area contributed by atoms with Gasteiger partial charge in [0.2, 0.25) is 0 Å². The second-order valence-electron chi connectivity index (χ2n) is 12.3. The fourth-order valence-corrected chi connectivity index (χ4v) is 8.37. The summed E-state index contributed by atoms with van der Waals surface area (Å²) in [5.41, 5.74) is 5.95. The van der Waals surface area contributed by atoms with E-state index in [4.69, 9.17) is 19.4 Å². The lowest BCUT2D eigenvalue weighted by Crippen LogP contribution is -2.02. The molecule has 0 N–H and O–H groups in total. The predicted octanol–water partition coefficient (Wildman–Crippen LogP) is 11.9. The van der Waals surface area contributed by atoms with Gasteiger partial charge in [-0.05, 0) is 47.7 Å². The molecule has 1 aliphatic rings. The molecular weight excluding hydrogens is 607 g/mol. The number of rotatable bonds is 4. The Hall–Kier alpha value is -5.91. The summed E-state index contributed by atoms with van der Waals surface area (Å²) in [7, 11) is 0. The van der Waals surface area contributed by atoms with E-state index < -0.39 is 0 Å². The molecule has 48 heavy (non-hydrogen) atoms. The number of allylic oxidation sites excluding steroid dienone is 4. The minimum absolute atomic E-state index is 0.270. The quantitative estimate of drug-likeness (QED) is 0.193. The summed E-state index contributed by atoms with van der Waals surface area (Å²) < 4.78 is 8.95. The number of aromatic nitrogens is 3. The molecule has 4 nitrogen and oxygen atoms in total. The summed E-state index contributed by atoms with van der Waals surface area (Å²) in [6.45, 7) is 0. The van der Waals surface area contributed by atoms with Gasteiger partial charge in [-0.15, -0.1) is 11.3 Å². The molecule has 10 rings (SSSR count). The van der Waals surface area contributed by atoms with Crippen LogP contribution in [0.2, 0.25) is 0 Å². The Bertz CT molecular complexity index is 2770. The van der Waals surface area contributed by atoms with Crippen molar-refractivity contribution in [3.63, 3.8) is 0 Å². The average Bonchev–Trinajstić information content (AvgIpc) is 3.73. The summed E-state index contributed by atoms with van der Waals surface area (Å²) in [4.78, 5) is 15.6. The molecule has 226 valence electrons. The minimum Gasteiger partial charge on any atom is -0.455 e. The molecule has 9 aromatic rings. The van der Waals surface area contributed by atoms with Gasteiger partial charge in [-0.2, -0.15) is 0 Å². The smallest absolute Gasteiger partial charge is 0.164 e. The van der Waals surface area contributed by atoms with Gasteiger partial charge in [0.1, 0.15) is 11.2 Å². The summed E-state index contributed by atoms with van der Waals surface area (Å²) in [5.74, 6) is 2.22. The first-order chi connectivity index (χ1) is 23.8. The van der Waals surface area contributed by atoms with Gasteiger partial charge in [0.15, 0.2) is 17.5 Å². The predicted molar refractivity (Wildman–Crippen MR) is 199 cm³/mol. The van der Waals surface area contributed by atoms with Crippen LogP contribution in [0.25, 0.3) is 87.0 Å². The van der Waals surface area contributed by atoms with Gasteiger partial charge in [0.25, 0.3) is 0 Å². The van der Waals surface area contributed by atoms with Gasteiger partial charge in [-0.3, -0.25) is 0 Å². The zero-order chi connectivity index (χ0) is 31.6. The van der Waals surface area contributed by atoms with Crippen LogP contribution in [0.5, 0.6) is 0 Å². The number of hydrogen-bond acceptors (Lipinski definition) is 5. The highest BCUT2D eigenvalue weighted by atomic mass is 32.1. The standard InChI is InChI=1S/C43H27N3OS/c1-3-13-26(14-4-1)33-23-28(24-38-39(33)32-20-10-12-22-37(32)48-38)42-44-41(27-15-5-2-6-16-27)45-43(46-42)35-25-34-30-18-9-11-21-36(30)47-40(34)31-19-8-7-17-29(31)35/h1-13,15-26H,14H2. The van der Waals surface area contributed by atoms with Crippen molar-refractivity contribution in [3.05, 3.63) is 151 Å². The molecule has 6 aromatic carbocycles. The lowest BCUT2D eigenvalue weighted by Gasteiger charge is -2.17. The fourth-order valence-electron chi connectivity index (χ4n) is 7.19. The van der Waals surface area contributed by atoms with Gasteiger partial charge in [-0.25, -0.2) is 15.0 Å². The summed E-state index contributed by atoms with van der Waals surface area (Å²) in [5, 5.41) is 6.83. The number of nitrogens with zero attached hydrogens (tertiary/aromatic N) is 3. The molecule has 5 heteroatoms. The van der Waals surface area contributed by atoms with Crippen molar-refractivity contribution in [1.29, 1.82) is 0 Å². The molecule has 1 aliphatic carbocycles. The maximum atomic E-state index is 6.42. The minimum atomic E-state index is 0.270. The number of benzene rings is 6. The van der Waals surface area contributed by atoms with Crippen molar-refractivity contribution in [2.24, 2.45) is 0 Å². The average molecular weight is 634 g/mol. The third-order valence-electron chi connectivity index (χ3n) is 9.44. The van der Waals surface area contributed by atoms with Crippen LogP contribution in [0, 0.1) is 0 Å². The first-order valence-corrected chi connectivity index (χ1v) is 17.0. The maximum Gasteiger partial charge on any atom is 0.164 e. The second kappa shape index (κ2) is 10.8. The van der Waals surface area contributed by atoms with Gasteiger partial charge in [0.05, 0.1) is 0 Å². The normalized spacial score (nSPS) is 14.6. The van der Waals surface area contributed by atoms with E-state index in [1.165, 1.54) is 25.7 Å². The van der Waals surface area contributed by atoms with Crippen molar-refractivity contribution in [1.82, 2.24) is 15.0 Å². The molecule has 0 radical (unpaired) electrons. The van der Waals surface area contributed by atoms with Crippen molar-refractivity contribution in [3.8, 4) is 34.2 Å². The first-order valence-electron chi connectivity index (χ1n) is 16.2. The molecule has 3 aromatic heterocycles. The number of thiophene rings is 1. The Labute approximate surface area is 280 Å². The fraction of sp³-hybridized carbons (Fsp3) is 0.0465. The molecule has 0 bridgehead atoms. The van der Waals surface area contributed by atoms with Crippen LogP contribution >= 0.6 is 11.3 Å². The van der Waals surface area contributed by atoms with E-state index in [0.717, 1.165) is 55.8 Å². The SMILES string of the molecule is C1=CCC(c2cc(-c3nc(-c4ccccc4)nc(-c4cc5c6ccccc6oc5c5ccccc45)n3)cc3sc4ccccc4c23)C=C1. The summed E-state index contributed by atoms with van der Waals surface area (Å²) in [6.07, 6.45) is 9.83. The van der Waals surface area contributed by atoms with Crippen molar-refractivity contribution in [2.75, 3.05) is 0 Å². The lowest BCUT2D eigenvalue weighted by atomic mass is 9.88. The highest BCUT2D eigenvalue weighted by molar-refractivity contribution is 7.25. The summed E-state index contributed by atoms with van der Waals surface area (Å²) in [6, 6.07) is 42.3. The van der Waals surface area contributed by atoms with Crippen molar-refractivity contribution in [2.45, 2.75) is 12.3 Å². The Morgan fingerprint density at radius 3 is 2.10 bits per heavy atom. The van der Waals surface area contributed by atoms with Crippen LogP contribution in [0.3, 0.4) is 0 Å². The number of furan rings is 1. The Kier molecular flexibility index (Phi) is 6.14. The van der Waals surface area contributed by atoms with Gasteiger partial charge in [-0.1, -0.05) is 115 Å². The molecular formula is C43H27N3OS. The van der Waals surface area contributed by atoms with Gasteiger partial charge in [0, 0.05) is 58.9 Å². The van der Waals surface area contributed by atoms with Crippen LogP contribution in [0.1, 0.15) is 17.9 Å². The number of para-hydroxylation sites is 1. The zero-order valence-electron chi connectivity index (χ0n) is 25.8. The second-order valence-corrected chi connectivity index (χ2v) is 13.4. The molecule has 0 fully saturated rings. The Morgan fingerprint density at radius 1 is 0.562 bits per heavy atom. The third-order valence-corrected chi connectivity index (χ3v) is 10.6. The third kappa shape index (κ3) is 4.32. The molecule has 0 saturated heterocycles. The highest BCUT2D eigenvalue weighted by Gasteiger charge is 2.22. The number of fused-ring (bicyclic) bond motifs is 8. The first kappa shape index (κ1) is 27.2. The van der Waals surface area contributed by atoms with E-state index in [9.17, 15) is 0 Å². The van der Waals surface area contributed by atoms with E-state index >= 15 is 0 Å². The van der Waals surface area contributed by atoms with Crippen molar-refractivity contribution < 1.29 is 4.42 Å².